The average Bonchev–Trinajstić information content (AvgIpc) is 2.29. The Hall–Kier alpha value is -0.830. The number of hydrogen-bond acceptors (Lipinski definition) is 4. The molecule has 0 atom stereocenters. The summed E-state index contributed by atoms with van der Waals surface area (Å²) < 4.78 is 28.9. The molecule has 1 aromatic rings. The molecule has 0 saturated heterocycles. The number of carbonyl (C=O) groups is 1. The van der Waals surface area contributed by atoms with E-state index in [-0.39, 0.29) is 40.6 Å². The molecule has 0 heterocycles. The average molecular weight is 400 g/mol. The highest BCUT2D eigenvalue weighted by atomic mass is 79.9. The fourth-order valence-electron chi connectivity index (χ4n) is 1.53. The molecule has 1 rings (SSSR count). The van der Waals surface area contributed by atoms with E-state index in [2.05, 4.69) is 21.2 Å². The Labute approximate surface area is 137 Å². The molecule has 3 N–H and O–H groups in total. The third-order valence-corrected chi connectivity index (χ3v) is 3.96. The maximum Gasteiger partial charge on any atom is 0.241 e. The van der Waals surface area contributed by atoms with Crippen molar-refractivity contribution in [1.82, 2.24) is 5.32 Å². The molecule has 0 fully saturated rings. The van der Waals surface area contributed by atoms with Crippen LogP contribution >= 0.6 is 27.5 Å². The minimum Gasteiger partial charge on any atom is -0.490 e. The lowest BCUT2D eigenvalue weighted by Crippen LogP contribution is -2.31. The Kier molecular flexibility index (Phi) is 6.45. The molecule has 0 bridgehead atoms. The number of hydrogen-bond donors (Lipinski definition) is 2. The fourth-order valence-corrected chi connectivity index (χ4v) is 3.32. The van der Waals surface area contributed by atoms with Gasteiger partial charge in [0.05, 0.1) is 18.1 Å². The van der Waals surface area contributed by atoms with Gasteiger partial charge < -0.3 is 10.1 Å². The number of halogens is 2. The number of ether oxygens (including phenoxy) is 1. The molecule has 1 amide bonds. The van der Waals surface area contributed by atoms with Crippen LogP contribution in [0, 0.1) is 0 Å². The molecule has 1 aromatic carbocycles. The molecule has 0 unspecified atom stereocenters. The third-order valence-electron chi connectivity index (χ3n) is 2.31. The molecule has 21 heavy (non-hydrogen) atoms. The van der Waals surface area contributed by atoms with E-state index in [1.54, 1.807) is 0 Å². The van der Waals surface area contributed by atoms with Crippen LogP contribution in [0.3, 0.4) is 0 Å². The van der Waals surface area contributed by atoms with Crippen molar-refractivity contribution in [3.8, 4) is 5.75 Å². The summed E-state index contributed by atoms with van der Waals surface area (Å²) in [4.78, 5) is 11.3. The number of carbonyl (C=O) groups excluding carboxylic acids is 1. The number of rotatable bonds is 6. The van der Waals surface area contributed by atoms with Gasteiger partial charge in [-0.15, -0.1) is 0 Å². The maximum atomic E-state index is 11.5. The Balaban J connectivity index is 2.87. The highest BCUT2D eigenvalue weighted by Crippen LogP contribution is 2.34. The fraction of sp³-hybridized carbons (Fsp3) is 0.417. The second-order valence-electron chi connectivity index (χ2n) is 4.58. The van der Waals surface area contributed by atoms with Crippen LogP contribution in [0.4, 0.5) is 0 Å². The van der Waals surface area contributed by atoms with Crippen molar-refractivity contribution in [2.24, 2.45) is 5.14 Å². The zero-order valence-electron chi connectivity index (χ0n) is 11.5. The van der Waals surface area contributed by atoms with E-state index >= 15 is 0 Å². The topological polar surface area (TPSA) is 98.5 Å². The molecule has 0 aliphatic heterocycles. The Morgan fingerprint density at radius 3 is 2.62 bits per heavy atom. The molecule has 0 radical (unpaired) electrons. The normalized spacial score (nSPS) is 11.5. The molecule has 0 aromatic heterocycles. The van der Waals surface area contributed by atoms with Crippen LogP contribution in [0.25, 0.3) is 0 Å². The molecular weight excluding hydrogens is 384 g/mol. The first kappa shape index (κ1) is 18.2. The van der Waals surface area contributed by atoms with Gasteiger partial charge in [0.1, 0.15) is 4.90 Å². The van der Waals surface area contributed by atoms with Gasteiger partial charge in [-0.2, -0.15) is 0 Å². The van der Waals surface area contributed by atoms with Crippen LogP contribution in [0.1, 0.15) is 20.3 Å². The Bertz CT molecular complexity index is 634. The van der Waals surface area contributed by atoms with Gasteiger partial charge in [-0.1, -0.05) is 27.5 Å². The van der Waals surface area contributed by atoms with Gasteiger partial charge in [-0.05, 0) is 26.0 Å². The van der Waals surface area contributed by atoms with Gasteiger partial charge in [-0.25, -0.2) is 13.6 Å². The highest BCUT2D eigenvalue weighted by Gasteiger charge is 2.20. The summed E-state index contributed by atoms with van der Waals surface area (Å²) >= 11 is 9.10. The molecule has 0 aliphatic carbocycles. The van der Waals surface area contributed by atoms with Crippen molar-refractivity contribution in [3.05, 3.63) is 21.6 Å². The summed E-state index contributed by atoms with van der Waals surface area (Å²) in [6, 6.07) is 2.80. The predicted octanol–water partition coefficient (Wildman–Crippen LogP) is 2.04. The van der Waals surface area contributed by atoms with Crippen LogP contribution in [-0.4, -0.2) is 27.0 Å². The summed E-state index contributed by atoms with van der Waals surface area (Å²) in [6.45, 7) is 3.66. The number of nitrogens with two attached hydrogens (primary N) is 1. The van der Waals surface area contributed by atoms with Crippen molar-refractivity contribution in [1.29, 1.82) is 0 Å². The summed E-state index contributed by atoms with van der Waals surface area (Å²) in [7, 11) is -3.99. The van der Waals surface area contributed by atoms with E-state index in [1.807, 2.05) is 13.8 Å². The summed E-state index contributed by atoms with van der Waals surface area (Å²) in [5, 5.41) is 7.92. The Morgan fingerprint density at radius 1 is 1.48 bits per heavy atom. The van der Waals surface area contributed by atoms with E-state index in [0.29, 0.717) is 4.47 Å². The van der Waals surface area contributed by atoms with Crippen LogP contribution < -0.4 is 15.2 Å². The quantitative estimate of drug-likeness (QED) is 0.764. The van der Waals surface area contributed by atoms with Gasteiger partial charge in [0.25, 0.3) is 0 Å². The van der Waals surface area contributed by atoms with E-state index < -0.39 is 10.0 Å². The van der Waals surface area contributed by atoms with Crippen molar-refractivity contribution in [2.45, 2.75) is 31.2 Å². The number of sulfonamides is 1. The predicted molar refractivity (Wildman–Crippen MR) is 83.9 cm³/mol. The second-order valence-corrected chi connectivity index (χ2v) is 7.43. The summed E-state index contributed by atoms with van der Waals surface area (Å²) in [5.41, 5.74) is 0. The number of amides is 1. The lowest BCUT2D eigenvalue weighted by atomic mass is 10.3. The monoisotopic (exact) mass is 398 g/mol. The first-order chi connectivity index (χ1) is 9.61. The molecule has 0 aliphatic rings. The minimum absolute atomic E-state index is 0.0115. The van der Waals surface area contributed by atoms with Gasteiger partial charge in [0, 0.05) is 10.5 Å². The van der Waals surface area contributed by atoms with Crippen molar-refractivity contribution >= 4 is 43.5 Å². The molecule has 9 heteroatoms. The number of nitrogens with one attached hydrogen (secondary N) is 1. The zero-order chi connectivity index (χ0) is 16.2. The molecule has 118 valence electrons. The van der Waals surface area contributed by atoms with Gasteiger partial charge >= 0.3 is 0 Å². The first-order valence-corrected chi connectivity index (χ1v) is 8.77. The second kappa shape index (κ2) is 7.44. The van der Waals surface area contributed by atoms with E-state index in [1.165, 1.54) is 12.1 Å². The van der Waals surface area contributed by atoms with Crippen LogP contribution in [0.15, 0.2) is 21.5 Å². The lowest BCUT2D eigenvalue weighted by Gasteiger charge is -2.13. The van der Waals surface area contributed by atoms with Gasteiger partial charge in [0.15, 0.2) is 5.75 Å². The zero-order valence-corrected chi connectivity index (χ0v) is 14.7. The first-order valence-electron chi connectivity index (χ1n) is 6.05. The molecule has 0 saturated carbocycles. The lowest BCUT2D eigenvalue weighted by molar-refractivity contribution is -0.122. The highest BCUT2D eigenvalue weighted by molar-refractivity contribution is 9.10. The third kappa shape index (κ3) is 5.82. The van der Waals surface area contributed by atoms with Gasteiger partial charge in [0.2, 0.25) is 15.9 Å². The molecule has 0 spiro atoms. The van der Waals surface area contributed by atoms with E-state index in [4.69, 9.17) is 21.5 Å². The maximum absolute atomic E-state index is 11.5. The number of primary sulfonamides is 1. The van der Waals surface area contributed by atoms with Crippen LogP contribution in [0.2, 0.25) is 5.02 Å². The van der Waals surface area contributed by atoms with Crippen LogP contribution in [0.5, 0.6) is 5.75 Å². The Morgan fingerprint density at radius 2 is 2.10 bits per heavy atom. The molecular formula is C12H16BrClN2O4S. The minimum atomic E-state index is -3.99. The summed E-state index contributed by atoms with van der Waals surface area (Å²) in [5.74, 6) is -0.255. The van der Waals surface area contributed by atoms with E-state index in [0.717, 1.165) is 0 Å². The smallest absolute Gasteiger partial charge is 0.241 e. The summed E-state index contributed by atoms with van der Waals surface area (Å²) in [6.07, 6.45) is 0.0780. The number of benzene rings is 1. The van der Waals surface area contributed by atoms with E-state index in [9.17, 15) is 13.2 Å². The standard InChI is InChI=1S/C12H16BrClN2O4S/c1-7(2)16-11(17)3-4-20-12-9(14)5-8(13)6-10(12)21(15,18)19/h5-7H,3-4H2,1-2H3,(H,16,17)(H2,15,18,19). The van der Waals surface area contributed by atoms with Crippen LogP contribution in [-0.2, 0) is 14.8 Å². The largest absolute Gasteiger partial charge is 0.490 e. The van der Waals surface area contributed by atoms with Crippen molar-refractivity contribution < 1.29 is 17.9 Å². The van der Waals surface area contributed by atoms with Crippen molar-refractivity contribution in [2.75, 3.05) is 6.61 Å². The van der Waals surface area contributed by atoms with Crippen molar-refractivity contribution in [3.63, 3.8) is 0 Å². The molecule has 6 nitrogen and oxygen atoms in total. The SMILES string of the molecule is CC(C)NC(=O)CCOc1c(Cl)cc(Br)cc1S(N)(=O)=O. The van der Waals surface area contributed by atoms with Gasteiger partial charge in [-0.3, -0.25) is 4.79 Å².